The Bertz CT molecular complexity index is 568. The molecule has 3 fully saturated rings. The van der Waals surface area contributed by atoms with E-state index in [2.05, 4.69) is 4.98 Å². The van der Waals surface area contributed by atoms with Gasteiger partial charge >= 0.3 is 0 Å². The number of likely N-dealkylation sites (tertiary alicyclic amines) is 1. The van der Waals surface area contributed by atoms with Gasteiger partial charge in [0.15, 0.2) is 0 Å². The summed E-state index contributed by atoms with van der Waals surface area (Å²) < 4.78 is 17.4. The summed E-state index contributed by atoms with van der Waals surface area (Å²) in [7, 11) is 0. The number of hydrogen-bond donors (Lipinski definition) is 0. The lowest BCUT2D eigenvalue weighted by atomic mass is 9.84. The van der Waals surface area contributed by atoms with Gasteiger partial charge < -0.3 is 19.1 Å². The van der Waals surface area contributed by atoms with Crippen LogP contribution in [0.1, 0.15) is 24.8 Å². The number of nitrogens with zero attached hydrogens (tertiary/aromatic N) is 2. The van der Waals surface area contributed by atoms with Crippen LogP contribution in [0.15, 0.2) is 24.5 Å². The minimum Gasteiger partial charge on any atom is -0.381 e. The van der Waals surface area contributed by atoms with Gasteiger partial charge in [-0.1, -0.05) is 6.07 Å². The lowest BCUT2D eigenvalue weighted by Gasteiger charge is -2.53. The molecule has 0 N–H and O–H groups in total. The first-order valence-electron chi connectivity index (χ1n) is 8.75. The second kappa shape index (κ2) is 6.78. The Balaban J connectivity index is 1.27. The van der Waals surface area contributed by atoms with E-state index in [0.29, 0.717) is 39.5 Å². The lowest BCUT2D eigenvalue weighted by Crippen LogP contribution is -2.68. The average molecular weight is 332 g/mol. The lowest BCUT2D eigenvalue weighted by molar-refractivity contribution is -0.204. The average Bonchev–Trinajstić information content (AvgIpc) is 3.13. The third-order valence-electron chi connectivity index (χ3n) is 5.20. The molecular weight excluding hydrogens is 308 g/mol. The van der Waals surface area contributed by atoms with Gasteiger partial charge in [0.25, 0.3) is 0 Å². The molecule has 0 saturated carbocycles. The second-order valence-electron chi connectivity index (χ2n) is 7.07. The summed E-state index contributed by atoms with van der Waals surface area (Å²) in [5, 5.41) is 0. The van der Waals surface area contributed by atoms with Gasteiger partial charge in [0, 0.05) is 32.0 Å². The van der Waals surface area contributed by atoms with Crippen LogP contribution in [-0.4, -0.2) is 60.4 Å². The summed E-state index contributed by atoms with van der Waals surface area (Å²) in [6.07, 6.45) is 6.40. The summed E-state index contributed by atoms with van der Waals surface area (Å²) in [6.45, 7) is 3.93. The molecule has 24 heavy (non-hydrogen) atoms. The highest BCUT2D eigenvalue weighted by molar-refractivity contribution is 5.80. The van der Waals surface area contributed by atoms with Crippen molar-refractivity contribution in [1.82, 2.24) is 9.88 Å². The van der Waals surface area contributed by atoms with E-state index >= 15 is 0 Å². The van der Waals surface area contributed by atoms with Gasteiger partial charge in [0.05, 0.1) is 38.3 Å². The Kier molecular flexibility index (Phi) is 4.52. The predicted molar refractivity (Wildman–Crippen MR) is 86.2 cm³/mol. The van der Waals surface area contributed by atoms with Crippen molar-refractivity contribution in [3.63, 3.8) is 0 Å². The molecule has 0 aromatic carbocycles. The van der Waals surface area contributed by atoms with Crippen LogP contribution in [0, 0.1) is 5.92 Å². The molecule has 3 saturated heterocycles. The Morgan fingerprint density at radius 2 is 2.29 bits per heavy atom. The van der Waals surface area contributed by atoms with E-state index in [0.717, 1.165) is 24.8 Å². The molecule has 3 aliphatic heterocycles. The topological polar surface area (TPSA) is 60.9 Å². The van der Waals surface area contributed by atoms with E-state index < -0.39 is 0 Å². The van der Waals surface area contributed by atoms with Gasteiger partial charge in [-0.05, 0) is 24.5 Å². The Morgan fingerprint density at radius 3 is 3.04 bits per heavy atom. The molecule has 1 spiro atoms. The van der Waals surface area contributed by atoms with Gasteiger partial charge in [-0.25, -0.2) is 0 Å². The molecule has 0 radical (unpaired) electrons. The van der Waals surface area contributed by atoms with Crippen LogP contribution < -0.4 is 0 Å². The fourth-order valence-electron chi connectivity index (χ4n) is 3.84. The van der Waals surface area contributed by atoms with E-state index in [1.807, 2.05) is 23.2 Å². The highest BCUT2D eigenvalue weighted by Gasteiger charge is 2.50. The zero-order valence-electron chi connectivity index (χ0n) is 13.9. The first-order chi connectivity index (χ1) is 11.7. The van der Waals surface area contributed by atoms with Gasteiger partial charge in [0.2, 0.25) is 5.91 Å². The minimum absolute atomic E-state index is 0.0450. The molecule has 1 aromatic rings. The van der Waals surface area contributed by atoms with E-state index in [4.69, 9.17) is 14.2 Å². The number of carbonyl (C=O) groups is 1. The van der Waals surface area contributed by atoms with Gasteiger partial charge in [0.1, 0.15) is 5.60 Å². The molecular formula is C18H24N2O4. The molecule has 1 amide bonds. The van der Waals surface area contributed by atoms with Crippen molar-refractivity contribution in [1.29, 1.82) is 0 Å². The number of rotatable bonds is 4. The largest absolute Gasteiger partial charge is 0.381 e. The van der Waals surface area contributed by atoms with Crippen LogP contribution in [0.25, 0.3) is 0 Å². The van der Waals surface area contributed by atoms with Crippen LogP contribution in [0.4, 0.5) is 0 Å². The molecule has 4 rings (SSSR count). The van der Waals surface area contributed by atoms with Crippen molar-refractivity contribution >= 4 is 5.91 Å². The number of carbonyl (C=O) groups excluding carboxylic acids is 1. The van der Waals surface area contributed by atoms with E-state index in [9.17, 15) is 4.79 Å². The van der Waals surface area contributed by atoms with Crippen LogP contribution in [0.2, 0.25) is 0 Å². The van der Waals surface area contributed by atoms with Crippen LogP contribution in [-0.2, 0) is 25.6 Å². The third-order valence-corrected chi connectivity index (χ3v) is 5.20. The van der Waals surface area contributed by atoms with E-state index in [1.165, 1.54) is 0 Å². The molecule has 3 aliphatic rings. The summed E-state index contributed by atoms with van der Waals surface area (Å²) in [6, 6.07) is 3.95. The minimum atomic E-state index is -0.201. The number of aromatic nitrogens is 1. The van der Waals surface area contributed by atoms with Crippen molar-refractivity contribution < 1.29 is 19.0 Å². The fraction of sp³-hybridized carbons (Fsp3) is 0.667. The zero-order valence-corrected chi connectivity index (χ0v) is 13.9. The molecule has 2 unspecified atom stereocenters. The number of ether oxygens (including phenoxy) is 3. The molecule has 1 aromatic heterocycles. The molecule has 0 aliphatic carbocycles. The van der Waals surface area contributed by atoms with E-state index in [1.54, 1.807) is 6.20 Å². The quantitative estimate of drug-likeness (QED) is 0.834. The number of pyridine rings is 1. The Labute approximate surface area is 142 Å². The molecule has 130 valence electrons. The first kappa shape index (κ1) is 16.0. The van der Waals surface area contributed by atoms with Crippen LogP contribution in [0.3, 0.4) is 0 Å². The van der Waals surface area contributed by atoms with E-state index in [-0.39, 0.29) is 23.5 Å². The highest BCUT2D eigenvalue weighted by atomic mass is 16.5. The Morgan fingerprint density at radius 1 is 1.38 bits per heavy atom. The first-order valence-corrected chi connectivity index (χ1v) is 8.75. The standard InChI is InChI=1S/C18H24N2O4/c21-17(15-3-6-22-11-15)20-12-18(13-20)8-16(4-7-24-18)23-10-14-2-1-5-19-9-14/h1-2,5,9,15-16H,3-4,6-8,10-13H2. The third kappa shape index (κ3) is 3.31. The van der Waals surface area contributed by atoms with Crippen molar-refractivity contribution in [3.8, 4) is 0 Å². The van der Waals surface area contributed by atoms with Crippen molar-refractivity contribution in [2.75, 3.05) is 32.9 Å². The fourth-order valence-corrected chi connectivity index (χ4v) is 3.84. The molecule has 6 nitrogen and oxygen atoms in total. The Hall–Kier alpha value is -1.50. The van der Waals surface area contributed by atoms with Crippen molar-refractivity contribution in [3.05, 3.63) is 30.1 Å². The highest BCUT2D eigenvalue weighted by Crippen LogP contribution is 2.36. The second-order valence-corrected chi connectivity index (χ2v) is 7.07. The summed E-state index contributed by atoms with van der Waals surface area (Å²) in [5.41, 5.74) is 0.886. The molecule has 2 atom stereocenters. The maximum atomic E-state index is 12.4. The summed E-state index contributed by atoms with van der Waals surface area (Å²) >= 11 is 0. The zero-order chi connectivity index (χ0) is 16.4. The normalized spacial score (nSPS) is 28.8. The summed E-state index contributed by atoms with van der Waals surface area (Å²) in [4.78, 5) is 18.4. The van der Waals surface area contributed by atoms with Crippen LogP contribution >= 0.6 is 0 Å². The predicted octanol–water partition coefficient (Wildman–Crippen LogP) is 1.39. The monoisotopic (exact) mass is 332 g/mol. The molecule has 0 bridgehead atoms. The van der Waals surface area contributed by atoms with Crippen molar-refractivity contribution in [2.45, 2.75) is 37.6 Å². The smallest absolute Gasteiger partial charge is 0.228 e. The van der Waals surface area contributed by atoms with Gasteiger partial charge in [-0.15, -0.1) is 0 Å². The van der Waals surface area contributed by atoms with Crippen molar-refractivity contribution in [2.24, 2.45) is 5.92 Å². The number of hydrogen-bond acceptors (Lipinski definition) is 5. The SMILES string of the molecule is O=C(C1CCOC1)N1CC2(CC(OCc3cccnc3)CCO2)C1. The molecule has 6 heteroatoms. The maximum absolute atomic E-state index is 12.4. The van der Waals surface area contributed by atoms with Crippen LogP contribution in [0.5, 0.6) is 0 Å². The summed E-state index contributed by atoms with van der Waals surface area (Å²) in [5.74, 6) is 0.267. The van der Waals surface area contributed by atoms with Gasteiger partial charge in [-0.2, -0.15) is 0 Å². The maximum Gasteiger partial charge on any atom is 0.228 e. The van der Waals surface area contributed by atoms with Gasteiger partial charge in [-0.3, -0.25) is 9.78 Å². The molecule has 4 heterocycles. The number of amides is 1.